The molecule has 0 aliphatic rings. The summed E-state index contributed by atoms with van der Waals surface area (Å²) in [5, 5.41) is 0. The Bertz CT molecular complexity index is 1630. The molecular weight excluding hydrogens is 769 g/mol. The van der Waals surface area contributed by atoms with Gasteiger partial charge in [0.05, 0.1) is 22.1 Å². The Hall–Kier alpha value is -3.01. The van der Waals surface area contributed by atoms with Gasteiger partial charge in [0.25, 0.3) is 0 Å². The number of fused-ring (bicyclic) bond motifs is 2. The molecule has 0 bridgehead atoms. The Morgan fingerprint density at radius 2 is 1.04 bits per heavy atom. The molecule has 0 amide bonds. The van der Waals surface area contributed by atoms with Gasteiger partial charge in [0.15, 0.2) is 11.6 Å². The number of hydrogen-bond donors (Lipinski definition) is 0. The molecule has 0 saturated heterocycles. The van der Waals surface area contributed by atoms with Gasteiger partial charge in [0, 0.05) is 13.1 Å². The molecule has 2 atom stereocenters. The fourth-order valence-corrected chi connectivity index (χ4v) is 5.98. The number of halogens is 1. The van der Waals surface area contributed by atoms with Gasteiger partial charge in [0.1, 0.15) is 11.4 Å². The van der Waals surface area contributed by atoms with E-state index in [2.05, 4.69) is 139 Å². The van der Waals surface area contributed by atoms with E-state index < -0.39 is 0 Å². The summed E-state index contributed by atoms with van der Waals surface area (Å²) in [5.74, 6) is 3.18. The first-order chi connectivity index (χ1) is 22.3. The first-order valence-electron chi connectivity index (χ1n) is 16.6. The average Bonchev–Trinajstić information content (AvgIpc) is 3.62. The molecule has 5 rings (SSSR count). The molecule has 7 heteroatoms. The van der Waals surface area contributed by atoms with Gasteiger partial charge in [-0.15, -0.1) is 0 Å². The number of aromatic nitrogens is 5. The van der Waals surface area contributed by atoms with Crippen molar-refractivity contribution < 1.29 is 18.8 Å². The van der Waals surface area contributed by atoms with Gasteiger partial charge < -0.3 is 9.13 Å². The maximum atomic E-state index is 5.23. The third-order valence-corrected chi connectivity index (χ3v) is 8.53. The topological polar surface area (TPSA) is 48.5 Å². The number of allylic oxidation sites excluding steroid dienone is 4. The molecule has 46 heavy (non-hydrogen) atoms. The SMILES string of the molecule is CC(C)=CC[C@H](C)CCCn1c(-c2cccc(-c3nc4ccccc4n3CCC[C@@H](C)CC=C(C)C)n2)nc2ccccc21.[Cl][Pt]. The van der Waals surface area contributed by atoms with Crippen molar-refractivity contribution in [3.05, 3.63) is 90.0 Å². The number of rotatable bonds is 14. The molecule has 0 unspecified atom stereocenters. The number of hydrogen-bond acceptors (Lipinski definition) is 3. The molecule has 0 fully saturated rings. The number of para-hydroxylation sites is 4. The third kappa shape index (κ3) is 9.52. The number of nitrogens with zero attached hydrogens (tertiary/aromatic N) is 5. The number of aryl methyl sites for hydroxylation is 2. The van der Waals surface area contributed by atoms with Crippen molar-refractivity contribution in [2.75, 3.05) is 0 Å². The van der Waals surface area contributed by atoms with E-state index in [1.807, 2.05) is 0 Å². The standard InChI is InChI=1S/C39H49N5.ClH.Pt/c1-28(2)22-24-30(5)14-12-26-43-36-20-9-7-16-32(36)41-38(43)34-18-11-19-35(40-34)39-42-33-17-8-10-21-37(33)44(39)27-13-15-31(6)25-23-29(3)4;;/h7-11,16-23,30-31H,12-15,24-27H2,1-6H3;1H;/q;;+1/p-1/t30-,31-;;/m1../s1. The minimum absolute atomic E-state index is 0.660. The predicted molar refractivity (Wildman–Crippen MR) is 192 cm³/mol. The van der Waals surface area contributed by atoms with E-state index in [-0.39, 0.29) is 0 Å². The van der Waals surface area contributed by atoms with E-state index in [1.165, 1.54) is 35.0 Å². The monoisotopic (exact) mass is 817 g/mol. The zero-order valence-electron chi connectivity index (χ0n) is 28.2. The maximum absolute atomic E-state index is 5.23. The summed E-state index contributed by atoms with van der Waals surface area (Å²) in [6.45, 7) is 15.3. The van der Waals surface area contributed by atoms with Crippen LogP contribution < -0.4 is 0 Å². The van der Waals surface area contributed by atoms with E-state index >= 15 is 0 Å². The van der Waals surface area contributed by atoms with Crippen LogP contribution in [0.2, 0.25) is 0 Å². The van der Waals surface area contributed by atoms with Crippen LogP contribution in [0.3, 0.4) is 0 Å². The van der Waals surface area contributed by atoms with Crippen molar-refractivity contribution in [3.63, 3.8) is 0 Å². The van der Waals surface area contributed by atoms with Crippen LogP contribution in [0, 0.1) is 11.8 Å². The van der Waals surface area contributed by atoms with Crippen LogP contribution in [0.15, 0.2) is 90.0 Å². The summed E-state index contributed by atoms with van der Waals surface area (Å²) in [4.78, 5) is 15.4. The van der Waals surface area contributed by atoms with Crippen molar-refractivity contribution in [1.29, 1.82) is 0 Å². The average molecular weight is 818 g/mol. The van der Waals surface area contributed by atoms with Gasteiger partial charge in [0.2, 0.25) is 0 Å². The fourth-order valence-electron chi connectivity index (χ4n) is 5.98. The second-order valence-corrected chi connectivity index (χ2v) is 13.1. The van der Waals surface area contributed by atoms with E-state index in [0.29, 0.717) is 11.8 Å². The Morgan fingerprint density at radius 3 is 1.46 bits per heavy atom. The van der Waals surface area contributed by atoms with Crippen LogP contribution in [-0.2, 0) is 31.9 Å². The predicted octanol–water partition coefficient (Wildman–Crippen LogP) is 11.3. The summed E-state index contributed by atoms with van der Waals surface area (Å²) in [5.41, 5.74) is 8.95. The molecule has 3 heterocycles. The number of benzene rings is 2. The first kappa shape index (κ1) is 35.8. The van der Waals surface area contributed by atoms with E-state index in [9.17, 15) is 0 Å². The van der Waals surface area contributed by atoms with Crippen LogP contribution in [0.5, 0.6) is 0 Å². The second kappa shape index (κ2) is 17.8. The van der Waals surface area contributed by atoms with E-state index in [1.54, 1.807) is 18.8 Å². The van der Waals surface area contributed by atoms with Gasteiger partial charge >= 0.3 is 28.2 Å². The van der Waals surface area contributed by atoms with Crippen LogP contribution >= 0.6 is 9.42 Å². The van der Waals surface area contributed by atoms with Crippen LogP contribution in [0.1, 0.15) is 80.1 Å². The summed E-state index contributed by atoms with van der Waals surface area (Å²) in [6.07, 6.45) is 11.6. The molecule has 5 nitrogen and oxygen atoms in total. The number of imidazole rings is 2. The summed E-state index contributed by atoms with van der Waals surface area (Å²) >= 11 is 1.61. The Balaban J connectivity index is 0.00000235. The quantitative estimate of drug-likeness (QED) is 0.105. The Labute approximate surface area is 291 Å². The molecular formula is C39H49ClN5Pt. The van der Waals surface area contributed by atoms with Gasteiger partial charge in [-0.3, -0.25) is 0 Å². The van der Waals surface area contributed by atoms with Crippen molar-refractivity contribution in [2.24, 2.45) is 11.8 Å². The van der Waals surface area contributed by atoms with Crippen LogP contribution in [-0.4, -0.2) is 24.1 Å². The molecule has 0 N–H and O–H groups in total. The van der Waals surface area contributed by atoms with Gasteiger partial charge in [-0.05, 0) is 114 Å². The van der Waals surface area contributed by atoms with Crippen LogP contribution in [0.4, 0.5) is 0 Å². The minimum atomic E-state index is 0.660. The van der Waals surface area contributed by atoms with Crippen molar-refractivity contribution >= 4 is 31.5 Å². The molecule has 5 aromatic rings. The zero-order valence-corrected chi connectivity index (χ0v) is 31.3. The molecule has 0 saturated carbocycles. The molecule has 2 aromatic carbocycles. The summed E-state index contributed by atoms with van der Waals surface area (Å²) in [7, 11) is 4.61. The van der Waals surface area contributed by atoms with Gasteiger partial charge in [-0.1, -0.05) is 67.5 Å². The molecule has 0 radical (unpaired) electrons. The fraction of sp³-hybridized carbons (Fsp3) is 0.410. The molecule has 0 aliphatic carbocycles. The van der Waals surface area contributed by atoms with Crippen LogP contribution in [0.25, 0.3) is 45.1 Å². The first-order valence-corrected chi connectivity index (χ1v) is 19.4. The van der Waals surface area contributed by atoms with E-state index in [0.717, 1.165) is 72.8 Å². The Morgan fingerprint density at radius 1 is 0.630 bits per heavy atom. The molecule has 3 aromatic heterocycles. The van der Waals surface area contributed by atoms with Crippen molar-refractivity contribution in [1.82, 2.24) is 24.1 Å². The van der Waals surface area contributed by atoms with Gasteiger partial charge in [-0.2, -0.15) is 0 Å². The summed E-state index contributed by atoms with van der Waals surface area (Å²) < 4.78 is 4.73. The Kier molecular flexibility index (Phi) is 13.9. The third-order valence-electron chi connectivity index (χ3n) is 8.53. The van der Waals surface area contributed by atoms with E-state index in [4.69, 9.17) is 15.0 Å². The molecule has 0 spiro atoms. The second-order valence-electron chi connectivity index (χ2n) is 13.1. The molecule has 0 aliphatic heterocycles. The van der Waals surface area contributed by atoms with Crippen molar-refractivity contribution in [2.45, 2.75) is 93.2 Å². The van der Waals surface area contributed by atoms with Crippen molar-refractivity contribution in [3.8, 4) is 23.0 Å². The zero-order chi connectivity index (χ0) is 33.1. The molecule has 247 valence electrons. The normalized spacial score (nSPS) is 12.5. The summed E-state index contributed by atoms with van der Waals surface area (Å²) in [6, 6.07) is 23.2. The number of pyridine rings is 1. The van der Waals surface area contributed by atoms with Gasteiger partial charge in [-0.25, -0.2) is 15.0 Å².